The summed E-state index contributed by atoms with van der Waals surface area (Å²) < 4.78 is 13.6. The Labute approximate surface area is 145 Å². The first-order valence-corrected chi connectivity index (χ1v) is 9.81. The number of anilines is 1. The van der Waals surface area contributed by atoms with Crippen LogP contribution in [0.2, 0.25) is 0 Å². The molecule has 1 aliphatic heterocycles. The van der Waals surface area contributed by atoms with Gasteiger partial charge < -0.3 is 10.8 Å². The van der Waals surface area contributed by atoms with Crippen molar-refractivity contribution in [3.63, 3.8) is 0 Å². The van der Waals surface area contributed by atoms with Gasteiger partial charge in [-0.3, -0.25) is 8.89 Å². The molecule has 1 unspecified atom stereocenters. The predicted octanol–water partition coefficient (Wildman–Crippen LogP) is 2.44. The number of nitrogens with zero attached hydrogens (tertiary/aromatic N) is 2. The third-order valence-electron chi connectivity index (χ3n) is 4.72. The summed E-state index contributed by atoms with van der Waals surface area (Å²) in [7, 11) is -0.698. The van der Waals surface area contributed by atoms with Crippen LogP contribution in [0.25, 0.3) is 0 Å². The van der Waals surface area contributed by atoms with Crippen molar-refractivity contribution in [3.8, 4) is 0 Å². The molecule has 0 spiro atoms. The van der Waals surface area contributed by atoms with Crippen LogP contribution in [0.1, 0.15) is 43.9 Å². The molecule has 1 aromatic carbocycles. The summed E-state index contributed by atoms with van der Waals surface area (Å²) in [6.45, 7) is 3.58. The van der Waals surface area contributed by atoms with Crippen molar-refractivity contribution in [1.29, 1.82) is 0 Å². The summed E-state index contributed by atoms with van der Waals surface area (Å²) in [5, 5.41) is 14.8. The van der Waals surface area contributed by atoms with E-state index < -0.39 is 16.4 Å². The van der Waals surface area contributed by atoms with E-state index in [1.165, 1.54) is 0 Å². The topological polar surface area (TPSA) is 81.1 Å². The minimum atomic E-state index is -0.891. The highest BCUT2D eigenvalue weighted by Crippen LogP contribution is 2.35. The van der Waals surface area contributed by atoms with Gasteiger partial charge in [-0.05, 0) is 43.7 Å². The fraction of sp³-hybridized carbons (Fsp3) is 0.500. The molecule has 5 nitrogen and oxygen atoms in total. The van der Waals surface area contributed by atoms with Crippen molar-refractivity contribution < 1.29 is 9.32 Å². The Hall–Kier alpha value is -1.66. The van der Waals surface area contributed by atoms with E-state index in [1.807, 2.05) is 29.1 Å². The number of aliphatic hydroxyl groups is 1. The second kappa shape index (κ2) is 6.69. The van der Waals surface area contributed by atoms with Gasteiger partial charge in [-0.15, -0.1) is 0 Å². The SMILES string of the molecule is CC(C)(O)c1cccc(C(C2CCS(=O)CC2)n2cc(N)cn2)c1. The predicted molar refractivity (Wildman–Crippen MR) is 97.1 cm³/mol. The van der Waals surface area contributed by atoms with Crippen LogP contribution in [-0.2, 0) is 16.4 Å². The van der Waals surface area contributed by atoms with Gasteiger partial charge in [0, 0.05) is 28.5 Å². The molecule has 3 N–H and O–H groups in total. The van der Waals surface area contributed by atoms with Crippen LogP contribution in [0, 0.1) is 5.92 Å². The number of nitrogens with two attached hydrogens (primary N) is 1. The lowest BCUT2D eigenvalue weighted by Crippen LogP contribution is -2.28. The molecular weight excluding hydrogens is 322 g/mol. The largest absolute Gasteiger partial charge is 0.396 e. The minimum Gasteiger partial charge on any atom is -0.396 e. The lowest BCUT2D eigenvalue weighted by atomic mass is 9.86. The molecule has 1 saturated heterocycles. The van der Waals surface area contributed by atoms with E-state index in [0.717, 1.165) is 35.5 Å². The second-order valence-electron chi connectivity index (χ2n) is 7.07. The molecule has 130 valence electrons. The van der Waals surface area contributed by atoms with Gasteiger partial charge in [0.25, 0.3) is 0 Å². The van der Waals surface area contributed by atoms with Gasteiger partial charge >= 0.3 is 0 Å². The van der Waals surface area contributed by atoms with Crippen LogP contribution < -0.4 is 5.73 Å². The Bertz CT molecular complexity index is 726. The number of nitrogen functional groups attached to an aromatic ring is 1. The summed E-state index contributed by atoms with van der Waals surface area (Å²) >= 11 is 0. The van der Waals surface area contributed by atoms with Crippen LogP contribution in [0.3, 0.4) is 0 Å². The average Bonchev–Trinajstić information content (AvgIpc) is 2.95. The summed E-state index contributed by atoms with van der Waals surface area (Å²) in [4.78, 5) is 0. The molecule has 0 bridgehead atoms. The standard InChI is InChI=1S/C18H25N3O2S/c1-18(2,22)15-5-3-4-14(10-15)17(21-12-16(19)11-20-21)13-6-8-24(23)9-7-13/h3-5,10-13,17,22H,6-9,19H2,1-2H3. The van der Waals surface area contributed by atoms with Gasteiger partial charge in [-0.25, -0.2) is 0 Å². The van der Waals surface area contributed by atoms with E-state index in [-0.39, 0.29) is 6.04 Å². The maximum atomic E-state index is 11.7. The van der Waals surface area contributed by atoms with Gasteiger partial charge in [-0.1, -0.05) is 24.3 Å². The maximum absolute atomic E-state index is 11.7. The summed E-state index contributed by atoms with van der Waals surface area (Å²) in [6, 6.07) is 8.08. The molecule has 3 rings (SSSR count). The third-order valence-corrected chi connectivity index (χ3v) is 6.10. The van der Waals surface area contributed by atoms with E-state index in [4.69, 9.17) is 5.73 Å². The Morgan fingerprint density at radius 1 is 1.38 bits per heavy atom. The Balaban J connectivity index is 2.00. The van der Waals surface area contributed by atoms with Gasteiger partial charge in [0.1, 0.15) is 0 Å². The highest BCUT2D eigenvalue weighted by atomic mass is 32.2. The lowest BCUT2D eigenvalue weighted by Gasteiger charge is -2.31. The third kappa shape index (κ3) is 3.70. The van der Waals surface area contributed by atoms with Crippen LogP contribution in [0.5, 0.6) is 0 Å². The highest BCUT2D eigenvalue weighted by Gasteiger charge is 2.30. The van der Waals surface area contributed by atoms with Crippen molar-refractivity contribution in [3.05, 3.63) is 47.8 Å². The minimum absolute atomic E-state index is 0.0434. The van der Waals surface area contributed by atoms with Crippen LogP contribution in [0.15, 0.2) is 36.7 Å². The molecule has 2 aromatic rings. The van der Waals surface area contributed by atoms with Gasteiger partial charge in [0.15, 0.2) is 0 Å². The molecule has 2 heterocycles. The zero-order chi connectivity index (χ0) is 17.3. The Morgan fingerprint density at radius 3 is 2.67 bits per heavy atom. The van der Waals surface area contributed by atoms with Gasteiger partial charge in [-0.2, -0.15) is 5.10 Å². The van der Waals surface area contributed by atoms with E-state index in [9.17, 15) is 9.32 Å². The molecule has 24 heavy (non-hydrogen) atoms. The monoisotopic (exact) mass is 347 g/mol. The van der Waals surface area contributed by atoms with Crippen molar-refractivity contribution in [2.45, 2.75) is 38.3 Å². The molecule has 1 fully saturated rings. The zero-order valence-corrected chi connectivity index (χ0v) is 15.0. The maximum Gasteiger partial charge on any atom is 0.0840 e. The molecule has 0 aliphatic carbocycles. The first-order chi connectivity index (χ1) is 11.3. The van der Waals surface area contributed by atoms with Crippen molar-refractivity contribution in [1.82, 2.24) is 9.78 Å². The normalized spacial score (nSPS) is 23.1. The molecule has 1 aromatic heterocycles. The second-order valence-corrected chi connectivity index (χ2v) is 8.76. The molecular formula is C18H25N3O2S. The zero-order valence-electron chi connectivity index (χ0n) is 14.2. The number of hydrogen-bond acceptors (Lipinski definition) is 4. The van der Waals surface area contributed by atoms with E-state index in [1.54, 1.807) is 20.0 Å². The average molecular weight is 347 g/mol. The number of rotatable bonds is 4. The summed E-state index contributed by atoms with van der Waals surface area (Å²) in [5.74, 6) is 1.84. The van der Waals surface area contributed by atoms with Crippen molar-refractivity contribution >= 4 is 16.5 Å². The number of hydrogen-bond donors (Lipinski definition) is 2. The first-order valence-electron chi connectivity index (χ1n) is 8.32. The summed E-state index contributed by atoms with van der Waals surface area (Å²) in [6.07, 6.45) is 5.33. The van der Waals surface area contributed by atoms with E-state index in [0.29, 0.717) is 11.6 Å². The number of benzene rings is 1. The van der Waals surface area contributed by atoms with Gasteiger partial charge in [0.2, 0.25) is 0 Å². The Morgan fingerprint density at radius 2 is 2.08 bits per heavy atom. The smallest absolute Gasteiger partial charge is 0.0840 e. The van der Waals surface area contributed by atoms with Gasteiger partial charge in [0.05, 0.1) is 23.5 Å². The lowest BCUT2D eigenvalue weighted by molar-refractivity contribution is 0.0784. The van der Waals surface area contributed by atoms with E-state index >= 15 is 0 Å². The molecule has 0 amide bonds. The molecule has 0 radical (unpaired) electrons. The summed E-state index contributed by atoms with van der Waals surface area (Å²) in [5.41, 5.74) is 7.61. The van der Waals surface area contributed by atoms with Crippen molar-refractivity contribution in [2.24, 2.45) is 5.92 Å². The van der Waals surface area contributed by atoms with Crippen molar-refractivity contribution in [2.75, 3.05) is 17.2 Å². The van der Waals surface area contributed by atoms with Crippen LogP contribution in [-0.4, -0.2) is 30.6 Å². The van der Waals surface area contributed by atoms with E-state index in [2.05, 4.69) is 11.2 Å². The molecule has 1 aliphatic rings. The molecule has 0 saturated carbocycles. The quantitative estimate of drug-likeness (QED) is 0.890. The molecule has 1 atom stereocenters. The number of aromatic nitrogens is 2. The van der Waals surface area contributed by atoms with Crippen LogP contribution >= 0.6 is 0 Å². The fourth-order valence-corrected chi connectivity index (χ4v) is 4.71. The highest BCUT2D eigenvalue weighted by molar-refractivity contribution is 7.85. The Kier molecular flexibility index (Phi) is 4.78. The van der Waals surface area contributed by atoms with Crippen LogP contribution in [0.4, 0.5) is 5.69 Å². The molecule has 6 heteroatoms. The fourth-order valence-electron chi connectivity index (χ4n) is 3.38. The first kappa shape index (κ1) is 17.2.